The Labute approximate surface area is 75.0 Å². The average molecular weight is 172 g/mol. The molecule has 64 valence electrons. The largest absolute Gasteiger partial charge is 0.380 e. The van der Waals surface area contributed by atoms with Crippen molar-refractivity contribution in [2.45, 2.75) is 6.54 Å². The Bertz CT molecular complexity index is 446. The molecule has 0 saturated heterocycles. The molecule has 0 bridgehead atoms. The summed E-state index contributed by atoms with van der Waals surface area (Å²) in [4.78, 5) is 4.09. The maximum Gasteiger partial charge on any atom is 0.0736 e. The summed E-state index contributed by atoms with van der Waals surface area (Å²) in [5.41, 5.74) is 4.50. The van der Waals surface area contributed by atoms with Gasteiger partial charge in [-0.2, -0.15) is 5.10 Å². The lowest BCUT2D eigenvalue weighted by atomic mass is 10.0. The number of hydrogen-bond donors (Lipinski definition) is 2. The third-order valence-corrected chi connectivity index (χ3v) is 2.28. The maximum absolute atomic E-state index is 4.09. The van der Waals surface area contributed by atoms with Crippen molar-refractivity contribution in [2.24, 2.45) is 0 Å². The third kappa shape index (κ3) is 0.853. The molecule has 1 aliphatic rings. The zero-order valence-corrected chi connectivity index (χ0v) is 6.91. The summed E-state index contributed by atoms with van der Waals surface area (Å²) in [6.07, 6.45) is 5.48. The molecule has 0 atom stereocenters. The minimum absolute atomic E-state index is 0.836. The van der Waals surface area contributed by atoms with Crippen molar-refractivity contribution in [1.29, 1.82) is 0 Å². The molecule has 3 rings (SSSR count). The fraction of sp³-hybridized carbons (Fsp3) is 0.111. The van der Waals surface area contributed by atoms with Gasteiger partial charge in [0.1, 0.15) is 0 Å². The highest BCUT2D eigenvalue weighted by Gasteiger charge is 2.16. The Morgan fingerprint density at radius 3 is 3.31 bits per heavy atom. The van der Waals surface area contributed by atoms with Gasteiger partial charge in [-0.15, -0.1) is 0 Å². The quantitative estimate of drug-likeness (QED) is 0.631. The van der Waals surface area contributed by atoms with E-state index in [0.717, 1.165) is 23.5 Å². The fourth-order valence-electron chi connectivity index (χ4n) is 1.62. The topological polar surface area (TPSA) is 53.6 Å². The normalized spacial score (nSPS) is 12.9. The number of fused-ring (bicyclic) bond motifs is 3. The lowest BCUT2D eigenvalue weighted by molar-refractivity contribution is 1.09. The minimum Gasteiger partial charge on any atom is -0.380 e. The fourth-order valence-corrected chi connectivity index (χ4v) is 1.62. The summed E-state index contributed by atoms with van der Waals surface area (Å²) in [5.74, 6) is 0. The summed E-state index contributed by atoms with van der Waals surface area (Å²) in [5, 5.41) is 10.3. The van der Waals surface area contributed by atoms with Crippen LogP contribution in [0.15, 0.2) is 24.7 Å². The van der Waals surface area contributed by atoms with Crippen LogP contribution in [-0.4, -0.2) is 15.2 Å². The van der Waals surface area contributed by atoms with Gasteiger partial charge in [0.15, 0.2) is 0 Å². The van der Waals surface area contributed by atoms with Crippen LogP contribution < -0.4 is 5.32 Å². The van der Waals surface area contributed by atoms with E-state index < -0.39 is 0 Å². The molecule has 0 amide bonds. The molecule has 0 radical (unpaired) electrons. The van der Waals surface area contributed by atoms with Crippen molar-refractivity contribution in [1.82, 2.24) is 15.2 Å². The average Bonchev–Trinajstić information content (AvgIpc) is 2.65. The first-order valence-corrected chi connectivity index (χ1v) is 4.15. The van der Waals surface area contributed by atoms with Crippen LogP contribution >= 0.6 is 0 Å². The predicted octanol–water partition coefficient (Wildman–Crippen LogP) is 1.40. The Morgan fingerprint density at radius 1 is 1.31 bits per heavy atom. The number of anilines is 1. The predicted molar refractivity (Wildman–Crippen MR) is 49.1 cm³/mol. The van der Waals surface area contributed by atoms with E-state index >= 15 is 0 Å². The van der Waals surface area contributed by atoms with Gasteiger partial charge in [0.05, 0.1) is 11.9 Å². The molecule has 0 spiro atoms. The molecule has 13 heavy (non-hydrogen) atoms. The van der Waals surface area contributed by atoms with Gasteiger partial charge in [-0.1, -0.05) is 0 Å². The monoisotopic (exact) mass is 172 g/mol. The van der Waals surface area contributed by atoms with E-state index in [2.05, 4.69) is 20.5 Å². The lowest BCUT2D eigenvalue weighted by Gasteiger charge is -2.16. The highest BCUT2D eigenvalue weighted by molar-refractivity contribution is 5.79. The highest BCUT2D eigenvalue weighted by atomic mass is 15.1. The van der Waals surface area contributed by atoms with Crippen LogP contribution in [-0.2, 0) is 6.54 Å². The molecule has 0 fully saturated rings. The molecule has 4 heteroatoms. The van der Waals surface area contributed by atoms with Crippen LogP contribution in [0.25, 0.3) is 11.3 Å². The molecular weight excluding hydrogens is 164 g/mol. The van der Waals surface area contributed by atoms with E-state index in [1.807, 2.05) is 18.5 Å². The number of aromatic amines is 1. The zero-order valence-electron chi connectivity index (χ0n) is 6.91. The number of hydrogen-bond acceptors (Lipinski definition) is 3. The van der Waals surface area contributed by atoms with Crippen LogP contribution in [0.2, 0.25) is 0 Å². The Kier molecular flexibility index (Phi) is 1.19. The first-order valence-electron chi connectivity index (χ1n) is 4.15. The summed E-state index contributed by atoms with van der Waals surface area (Å²) >= 11 is 0. The molecule has 1 aliphatic heterocycles. The lowest BCUT2D eigenvalue weighted by Crippen LogP contribution is -2.07. The van der Waals surface area contributed by atoms with Crippen molar-refractivity contribution < 1.29 is 0 Å². The van der Waals surface area contributed by atoms with Crippen molar-refractivity contribution in [3.05, 3.63) is 30.2 Å². The smallest absolute Gasteiger partial charge is 0.0736 e. The second kappa shape index (κ2) is 2.32. The van der Waals surface area contributed by atoms with Gasteiger partial charge in [-0.05, 0) is 6.07 Å². The summed E-state index contributed by atoms with van der Waals surface area (Å²) in [7, 11) is 0. The van der Waals surface area contributed by atoms with Crippen LogP contribution in [0, 0.1) is 0 Å². The summed E-state index contributed by atoms with van der Waals surface area (Å²) in [6.45, 7) is 0.836. The van der Waals surface area contributed by atoms with Gasteiger partial charge in [-0.25, -0.2) is 0 Å². The van der Waals surface area contributed by atoms with E-state index in [4.69, 9.17) is 0 Å². The number of H-pyrrole nitrogens is 1. The Balaban J connectivity index is 2.30. The number of rotatable bonds is 0. The zero-order chi connectivity index (χ0) is 8.67. The van der Waals surface area contributed by atoms with Gasteiger partial charge < -0.3 is 5.32 Å². The van der Waals surface area contributed by atoms with Gasteiger partial charge in [-0.3, -0.25) is 10.1 Å². The highest BCUT2D eigenvalue weighted by Crippen LogP contribution is 2.32. The molecule has 2 aromatic heterocycles. The van der Waals surface area contributed by atoms with E-state index in [1.54, 1.807) is 6.20 Å². The van der Waals surface area contributed by atoms with Crippen molar-refractivity contribution in [3.63, 3.8) is 0 Å². The van der Waals surface area contributed by atoms with Crippen molar-refractivity contribution in [3.8, 4) is 11.3 Å². The molecule has 0 aliphatic carbocycles. The summed E-state index contributed by atoms with van der Waals surface area (Å²) in [6, 6.07) is 1.97. The second-order valence-electron chi connectivity index (χ2n) is 3.05. The van der Waals surface area contributed by atoms with E-state index in [-0.39, 0.29) is 0 Å². The number of aromatic nitrogens is 3. The van der Waals surface area contributed by atoms with Gasteiger partial charge in [0.25, 0.3) is 0 Å². The summed E-state index contributed by atoms with van der Waals surface area (Å²) < 4.78 is 0. The van der Waals surface area contributed by atoms with Crippen LogP contribution in [0.3, 0.4) is 0 Å². The number of nitrogens with one attached hydrogen (secondary N) is 2. The van der Waals surface area contributed by atoms with E-state index in [0.29, 0.717) is 0 Å². The standard InChI is InChI=1S/C9H8N4/c1-2-10-5-7-8(1)11-3-6-4-12-13-9(6)7/h1-2,4-5,11H,3H2,(H,12,13). The van der Waals surface area contributed by atoms with E-state index in [1.165, 1.54) is 5.56 Å². The third-order valence-electron chi connectivity index (χ3n) is 2.28. The molecule has 0 saturated carbocycles. The molecular formula is C9H8N4. The molecule has 3 heterocycles. The van der Waals surface area contributed by atoms with Crippen LogP contribution in [0.1, 0.15) is 5.56 Å². The Morgan fingerprint density at radius 2 is 2.31 bits per heavy atom. The minimum atomic E-state index is 0.836. The SMILES string of the molecule is c1cc2c(cn1)-c1[nH]ncc1CN2. The second-order valence-corrected chi connectivity index (χ2v) is 3.05. The molecule has 0 aromatic carbocycles. The number of pyridine rings is 1. The van der Waals surface area contributed by atoms with Gasteiger partial charge >= 0.3 is 0 Å². The van der Waals surface area contributed by atoms with Crippen LogP contribution in [0.5, 0.6) is 0 Å². The van der Waals surface area contributed by atoms with Gasteiger partial charge in [0.2, 0.25) is 0 Å². The van der Waals surface area contributed by atoms with Crippen molar-refractivity contribution in [2.75, 3.05) is 5.32 Å². The maximum atomic E-state index is 4.09. The first kappa shape index (κ1) is 6.65. The molecule has 4 nitrogen and oxygen atoms in total. The first-order chi connectivity index (χ1) is 6.45. The molecule has 2 N–H and O–H groups in total. The van der Waals surface area contributed by atoms with Gasteiger partial charge in [0, 0.05) is 35.8 Å². The number of nitrogens with zero attached hydrogens (tertiary/aromatic N) is 2. The van der Waals surface area contributed by atoms with E-state index in [9.17, 15) is 0 Å². The molecule has 2 aromatic rings. The van der Waals surface area contributed by atoms with Crippen LogP contribution in [0.4, 0.5) is 5.69 Å². The Hall–Kier alpha value is -1.84. The van der Waals surface area contributed by atoms with Crippen molar-refractivity contribution >= 4 is 5.69 Å². The molecule has 0 unspecified atom stereocenters.